The van der Waals surface area contributed by atoms with Gasteiger partial charge in [0.1, 0.15) is 11.6 Å². The van der Waals surface area contributed by atoms with E-state index in [2.05, 4.69) is 0 Å². The zero-order valence-electron chi connectivity index (χ0n) is 11.9. The molecule has 0 radical (unpaired) electrons. The third kappa shape index (κ3) is 3.51. The Kier molecular flexibility index (Phi) is 4.66. The van der Waals surface area contributed by atoms with Crippen LogP contribution in [0.5, 0.6) is 5.75 Å². The summed E-state index contributed by atoms with van der Waals surface area (Å²) >= 11 is 6.46. The number of aryl methyl sites for hydroxylation is 1. The van der Waals surface area contributed by atoms with Crippen LogP contribution in [0.25, 0.3) is 0 Å². The van der Waals surface area contributed by atoms with E-state index in [4.69, 9.17) is 16.3 Å². The SMILES string of the molecule is Cc1ccc(F)cc1C(Cl)c1ccc(OC(C)C)cc1. The van der Waals surface area contributed by atoms with Gasteiger partial charge in [-0.3, -0.25) is 0 Å². The summed E-state index contributed by atoms with van der Waals surface area (Å²) in [5.74, 6) is 0.541. The van der Waals surface area contributed by atoms with Crippen LogP contribution in [-0.2, 0) is 0 Å². The molecule has 0 spiro atoms. The number of benzene rings is 2. The normalized spacial score (nSPS) is 12.5. The third-order valence-corrected chi connectivity index (χ3v) is 3.55. The molecular weight excluding hydrogens is 275 g/mol. The van der Waals surface area contributed by atoms with Gasteiger partial charge in [0.25, 0.3) is 0 Å². The molecule has 1 atom stereocenters. The summed E-state index contributed by atoms with van der Waals surface area (Å²) in [5.41, 5.74) is 2.70. The minimum absolute atomic E-state index is 0.137. The van der Waals surface area contributed by atoms with Gasteiger partial charge in [-0.05, 0) is 61.7 Å². The first kappa shape index (κ1) is 14.9. The van der Waals surface area contributed by atoms with Gasteiger partial charge in [0.05, 0.1) is 11.5 Å². The molecule has 2 aromatic carbocycles. The maximum atomic E-state index is 13.4. The van der Waals surface area contributed by atoms with E-state index in [0.29, 0.717) is 0 Å². The summed E-state index contributed by atoms with van der Waals surface area (Å²) < 4.78 is 18.9. The predicted octanol–water partition coefficient (Wildman–Crippen LogP) is 5.25. The smallest absolute Gasteiger partial charge is 0.123 e. The van der Waals surface area contributed by atoms with E-state index in [1.54, 1.807) is 6.07 Å². The largest absolute Gasteiger partial charge is 0.491 e. The van der Waals surface area contributed by atoms with E-state index in [0.717, 1.165) is 22.4 Å². The summed E-state index contributed by atoms with van der Waals surface area (Å²) in [6.07, 6.45) is 0.137. The Labute approximate surface area is 124 Å². The molecule has 1 nitrogen and oxygen atoms in total. The molecule has 0 aromatic heterocycles. The van der Waals surface area contributed by atoms with Crippen LogP contribution < -0.4 is 4.74 Å². The number of alkyl halides is 1. The third-order valence-electron chi connectivity index (χ3n) is 3.06. The zero-order chi connectivity index (χ0) is 14.7. The average Bonchev–Trinajstić information content (AvgIpc) is 2.41. The van der Waals surface area contributed by atoms with E-state index in [-0.39, 0.29) is 17.3 Å². The van der Waals surface area contributed by atoms with E-state index in [1.807, 2.05) is 45.0 Å². The van der Waals surface area contributed by atoms with Gasteiger partial charge in [-0.2, -0.15) is 0 Å². The standard InChI is InChI=1S/C17H18ClFO/c1-11(2)20-15-8-5-13(6-9-15)17(18)16-10-14(19)7-4-12(16)3/h4-11,17H,1-3H3. The number of hydrogen-bond acceptors (Lipinski definition) is 1. The van der Waals surface area contributed by atoms with E-state index >= 15 is 0 Å². The fraction of sp³-hybridized carbons (Fsp3) is 0.294. The van der Waals surface area contributed by atoms with Gasteiger partial charge in [0.15, 0.2) is 0 Å². The Bertz CT molecular complexity index is 578. The molecule has 0 bridgehead atoms. The van der Waals surface area contributed by atoms with Crippen molar-refractivity contribution in [1.82, 2.24) is 0 Å². The molecule has 2 rings (SSSR count). The second kappa shape index (κ2) is 6.27. The molecule has 0 aliphatic heterocycles. The molecule has 20 heavy (non-hydrogen) atoms. The summed E-state index contributed by atoms with van der Waals surface area (Å²) in [6, 6.07) is 12.3. The monoisotopic (exact) mass is 292 g/mol. The molecule has 0 aliphatic rings. The molecule has 106 valence electrons. The lowest BCUT2D eigenvalue weighted by atomic mass is 10.00. The number of halogens is 2. The molecule has 0 amide bonds. The Balaban J connectivity index is 2.24. The maximum Gasteiger partial charge on any atom is 0.123 e. The molecule has 0 aliphatic carbocycles. The fourth-order valence-electron chi connectivity index (χ4n) is 2.05. The van der Waals surface area contributed by atoms with Crippen LogP contribution >= 0.6 is 11.6 Å². The first-order valence-corrected chi connectivity index (χ1v) is 7.07. The molecule has 0 heterocycles. The minimum Gasteiger partial charge on any atom is -0.491 e. The van der Waals surface area contributed by atoms with Crippen LogP contribution in [0.4, 0.5) is 4.39 Å². The van der Waals surface area contributed by atoms with Crippen LogP contribution in [0, 0.1) is 12.7 Å². The summed E-state index contributed by atoms with van der Waals surface area (Å²) in [5, 5.41) is -0.362. The van der Waals surface area contributed by atoms with Crippen LogP contribution in [0.3, 0.4) is 0 Å². The highest BCUT2D eigenvalue weighted by atomic mass is 35.5. The van der Waals surface area contributed by atoms with Crippen LogP contribution in [0.2, 0.25) is 0 Å². The van der Waals surface area contributed by atoms with Gasteiger partial charge in [0, 0.05) is 0 Å². The molecule has 2 aromatic rings. The highest BCUT2D eigenvalue weighted by Crippen LogP contribution is 2.32. The first-order chi connectivity index (χ1) is 9.47. The van der Waals surface area contributed by atoms with Crippen molar-refractivity contribution in [2.75, 3.05) is 0 Å². The lowest BCUT2D eigenvalue weighted by Crippen LogP contribution is -2.05. The van der Waals surface area contributed by atoms with Gasteiger partial charge in [0.2, 0.25) is 0 Å². The van der Waals surface area contributed by atoms with E-state index in [9.17, 15) is 4.39 Å². The van der Waals surface area contributed by atoms with Crippen LogP contribution in [-0.4, -0.2) is 6.10 Å². The van der Waals surface area contributed by atoms with Crippen molar-refractivity contribution in [2.24, 2.45) is 0 Å². The first-order valence-electron chi connectivity index (χ1n) is 6.64. The molecule has 0 saturated heterocycles. The molecule has 0 N–H and O–H groups in total. The van der Waals surface area contributed by atoms with Crippen LogP contribution in [0.1, 0.15) is 35.9 Å². The molecule has 0 fully saturated rings. The van der Waals surface area contributed by atoms with Gasteiger partial charge in [-0.25, -0.2) is 4.39 Å². The van der Waals surface area contributed by atoms with E-state index in [1.165, 1.54) is 12.1 Å². The summed E-state index contributed by atoms with van der Waals surface area (Å²) in [6.45, 7) is 5.89. The highest BCUT2D eigenvalue weighted by Gasteiger charge is 2.14. The van der Waals surface area contributed by atoms with Gasteiger partial charge >= 0.3 is 0 Å². The van der Waals surface area contributed by atoms with Crippen molar-refractivity contribution in [2.45, 2.75) is 32.3 Å². The average molecular weight is 293 g/mol. The van der Waals surface area contributed by atoms with Crippen LogP contribution in [0.15, 0.2) is 42.5 Å². The molecule has 1 unspecified atom stereocenters. The second-order valence-corrected chi connectivity index (χ2v) is 5.54. The molecule has 3 heteroatoms. The summed E-state index contributed by atoms with van der Waals surface area (Å²) in [7, 11) is 0. The number of hydrogen-bond donors (Lipinski definition) is 0. The second-order valence-electron chi connectivity index (χ2n) is 5.10. The zero-order valence-corrected chi connectivity index (χ0v) is 12.6. The van der Waals surface area contributed by atoms with Crippen molar-refractivity contribution < 1.29 is 9.13 Å². The number of rotatable bonds is 4. The predicted molar refractivity (Wildman–Crippen MR) is 81.0 cm³/mol. The van der Waals surface area contributed by atoms with Gasteiger partial charge < -0.3 is 4.74 Å². The van der Waals surface area contributed by atoms with Crippen molar-refractivity contribution in [3.05, 3.63) is 65.0 Å². The van der Waals surface area contributed by atoms with Crippen molar-refractivity contribution in [3.63, 3.8) is 0 Å². The topological polar surface area (TPSA) is 9.23 Å². The highest BCUT2D eigenvalue weighted by molar-refractivity contribution is 6.22. The van der Waals surface area contributed by atoms with Crippen molar-refractivity contribution in [1.29, 1.82) is 0 Å². The van der Waals surface area contributed by atoms with Crippen molar-refractivity contribution >= 4 is 11.6 Å². The Morgan fingerprint density at radius 1 is 1.05 bits per heavy atom. The maximum absolute atomic E-state index is 13.4. The lowest BCUT2D eigenvalue weighted by molar-refractivity contribution is 0.242. The Morgan fingerprint density at radius 2 is 1.70 bits per heavy atom. The van der Waals surface area contributed by atoms with Crippen molar-refractivity contribution in [3.8, 4) is 5.75 Å². The lowest BCUT2D eigenvalue weighted by Gasteiger charge is -2.15. The molecular formula is C17H18ClFO. The Morgan fingerprint density at radius 3 is 2.30 bits per heavy atom. The minimum atomic E-state index is -0.362. The summed E-state index contributed by atoms with van der Waals surface area (Å²) in [4.78, 5) is 0. The Hall–Kier alpha value is -1.54. The molecule has 0 saturated carbocycles. The van der Waals surface area contributed by atoms with Gasteiger partial charge in [-0.15, -0.1) is 11.6 Å². The quantitative estimate of drug-likeness (QED) is 0.699. The van der Waals surface area contributed by atoms with E-state index < -0.39 is 0 Å². The van der Waals surface area contributed by atoms with Gasteiger partial charge in [-0.1, -0.05) is 18.2 Å². The fourth-order valence-corrected chi connectivity index (χ4v) is 2.43. The number of ether oxygens (including phenoxy) is 1.